The molecule has 0 unspecified atom stereocenters. The van der Waals surface area contributed by atoms with E-state index >= 15 is 0 Å². The van der Waals surface area contributed by atoms with Crippen LogP contribution >= 0.6 is 0 Å². The number of hydrogen-bond acceptors (Lipinski definition) is 4. The van der Waals surface area contributed by atoms with Gasteiger partial charge < -0.3 is 10.4 Å². The van der Waals surface area contributed by atoms with Gasteiger partial charge in [-0.2, -0.15) is 0 Å². The summed E-state index contributed by atoms with van der Waals surface area (Å²) < 4.78 is 13.0. The first-order valence-electron chi connectivity index (χ1n) is 5.19. The Labute approximate surface area is 98.2 Å². The highest BCUT2D eigenvalue weighted by molar-refractivity contribution is 5.27. The van der Waals surface area contributed by atoms with Gasteiger partial charge in [-0.25, -0.2) is 14.4 Å². The van der Waals surface area contributed by atoms with Crippen LogP contribution in [0.2, 0.25) is 0 Å². The minimum absolute atomic E-state index is 0.329. The average molecular weight is 233 g/mol. The largest absolute Gasteiger partial charge is 0.505 e. The van der Waals surface area contributed by atoms with E-state index in [1.54, 1.807) is 12.3 Å². The Hall–Kier alpha value is -2.01. The molecular weight excluding hydrogens is 221 g/mol. The van der Waals surface area contributed by atoms with Gasteiger partial charge in [0.05, 0.1) is 5.69 Å². The molecule has 2 aromatic rings. The monoisotopic (exact) mass is 233 g/mol. The zero-order chi connectivity index (χ0) is 12.1. The summed E-state index contributed by atoms with van der Waals surface area (Å²) in [6.07, 6.45) is 3.15. The zero-order valence-corrected chi connectivity index (χ0v) is 9.10. The third kappa shape index (κ3) is 3.22. The fourth-order valence-corrected chi connectivity index (χ4v) is 1.42. The predicted molar refractivity (Wildman–Crippen MR) is 60.6 cm³/mol. The first kappa shape index (κ1) is 11.5. The molecule has 88 valence electrons. The van der Waals surface area contributed by atoms with Crippen LogP contribution in [-0.2, 0) is 13.1 Å². The van der Waals surface area contributed by atoms with Crippen LogP contribution in [0.25, 0.3) is 0 Å². The zero-order valence-electron chi connectivity index (χ0n) is 9.10. The van der Waals surface area contributed by atoms with Crippen LogP contribution in [0.1, 0.15) is 11.3 Å². The molecule has 5 heteroatoms. The van der Waals surface area contributed by atoms with Crippen molar-refractivity contribution in [1.29, 1.82) is 0 Å². The van der Waals surface area contributed by atoms with E-state index in [1.807, 2.05) is 6.07 Å². The van der Waals surface area contributed by atoms with Crippen molar-refractivity contribution < 1.29 is 9.50 Å². The number of nitrogens with zero attached hydrogens (tertiary/aromatic N) is 2. The third-order valence-corrected chi connectivity index (χ3v) is 2.29. The van der Waals surface area contributed by atoms with E-state index in [-0.39, 0.29) is 5.75 Å². The van der Waals surface area contributed by atoms with Crippen LogP contribution in [0.5, 0.6) is 5.75 Å². The average Bonchev–Trinajstić information content (AvgIpc) is 2.35. The van der Waals surface area contributed by atoms with E-state index in [0.29, 0.717) is 13.1 Å². The number of aromatic nitrogens is 2. The molecule has 0 aliphatic rings. The van der Waals surface area contributed by atoms with Crippen LogP contribution in [-0.4, -0.2) is 15.1 Å². The molecule has 1 heterocycles. The molecule has 4 nitrogen and oxygen atoms in total. The SMILES string of the molecule is Oc1ccc(CNCc2ccncn2)cc1F. The first-order valence-corrected chi connectivity index (χ1v) is 5.19. The molecule has 0 atom stereocenters. The van der Waals surface area contributed by atoms with Crippen molar-refractivity contribution in [2.45, 2.75) is 13.1 Å². The lowest BCUT2D eigenvalue weighted by atomic mass is 10.2. The molecule has 0 saturated carbocycles. The number of hydrogen-bond donors (Lipinski definition) is 2. The molecule has 0 aliphatic carbocycles. The number of halogens is 1. The van der Waals surface area contributed by atoms with Gasteiger partial charge in [0.25, 0.3) is 0 Å². The first-order chi connectivity index (χ1) is 8.25. The lowest BCUT2D eigenvalue weighted by Gasteiger charge is -2.05. The highest BCUT2D eigenvalue weighted by atomic mass is 19.1. The van der Waals surface area contributed by atoms with E-state index < -0.39 is 5.82 Å². The van der Waals surface area contributed by atoms with Gasteiger partial charge in [-0.05, 0) is 23.8 Å². The van der Waals surface area contributed by atoms with Gasteiger partial charge in [0.1, 0.15) is 6.33 Å². The predicted octanol–water partition coefficient (Wildman–Crippen LogP) is 1.61. The summed E-state index contributed by atoms with van der Waals surface area (Å²) in [5.41, 5.74) is 1.65. The van der Waals surface area contributed by atoms with Gasteiger partial charge in [-0.1, -0.05) is 6.07 Å². The summed E-state index contributed by atoms with van der Waals surface area (Å²) in [4.78, 5) is 7.87. The van der Waals surface area contributed by atoms with Crippen LogP contribution < -0.4 is 5.32 Å². The fraction of sp³-hybridized carbons (Fsp3) is 0.167. The number of phenols is 1. The molecule has 1 aromatic heterocycles. The van der Waals surface area contributed by atoms with Gasteiger partial charge in [0.2, 0.25) is 0 Å². The molecule has 2 rings (SSSR count). The molecule has 0 amide bonds. The second-order valence-electron chi connectivity index (χ2n) is 3.59. The Morgan fingerprint density at radius 2 is 2.12 bits per heavy atom. The number of phenolic OH excluding ortho intramolecular Hbond substituents is 1. The molecule has 17 heavy (non-hydrogen) atoms. The molecule has 0 radical (unpaired) electrons. The topological polar surface area (TPSA) is 58.0 Å². The van der Waals surface area contributed by atoms with Gasteiger partial charge in [-0.15, -0.1) is 0 Å². The summed E-state index contributed by atoms with van der Waals surface area (Å²) in [5, 5.41) is 12.2. The van der Waals surface area contributed by atoms with Crippen molar-refractivity contribution in [3.63, 3.8) is 0 Å². The van der Waals surface area contributed by atoms with Gasteiger partial charge in [0.15, 0.2) is 11.6 Å². The molecule has 0 saturated heterocycles. The maximum absolute atomic E-state index is 13.0. The number of benzene rings is 1. The van der Waals surface area contributed by atoms with E-state index in [0.717, 1.165) is 11.3 Å². The lowest BCUT2D eigenvalue weighted by Crippen LogP contribution is -2.13. The molecule has 0 spiro atoms. The Kier molecular flexibility index (Phi) is 3.62. The summed E-state index contributed by atoms with van der Waals surface area (Å²) in [5.74, 6) is -0.934. The van der Waals surface area contributed by atoms with E-state index in [2.05, 4.69) is 15.3 Å². The maximum atomic E-state index is 13.0. The quantitative estimate of drug-likeness (QED) is 0.842. The molecule has 0 fully saturated rings. The second-order valence-corrected chi connectivity index (χ2v) is 3.59. The smallest absolute Gasteiger partial charge is 0.165 e. The molecule has 1 aromatic carbocycles. The molecule has 2 N–H and O–H groups in total. The number of nitrogens with one attached hydrogen (secondary N) is 1. The number of aromatic hydroxyl groups is 1. The highest BCUT2D eigenvalue weighted by Crippen LogP contribution is 2.15. The summed E-state index contributed by atoms with van der Waals surface area (Å²) in [7, 11) is 0. The van der Waals surface area contributed by atoms with Crippen molar-refractivity contribution >= 4 is 0 Å². The van der Waals surface area contributed by atoms with Gasteiger partial charge in [0, 0.05) is 19.3 Å². The van der Waals surface area contributed by atoms with E-state index in [4.69, 9.17) is 5.11 Å². The molecular formula is C12H12FN3O. The van der Waals surface area contributed by atoms with Gasteiger partial charge in [-0.3, -0.25) is 0 Å². The second kappa shape index (κ2) is 5.36. The number of rotatable bonds is 4. The lowest BCUT2D eigenvalue weighted by molar-refractivity contribution is 0.431. The van der Waals surface area contributed by atoms with Crippen molar-refractivity contribution in [2.75, 3.05) is 0 Å². The van der Waals surface area contributed by atoms with Crippen molar-refractivity contribution in [1.82, 2.24) is 15.3 Å². The summed E-state index contributed by atoms with van der Waals surface area (Å²) in [6, 6.07) is 6.13. The van der Waals surface area contributed by atoms with Crippen LogP contribution in [0.4, 0.5) is 4.39 Å². The Morgan fingerprint density at radius 1 is 1.24 bits per heavy atom. The van der Waals surface area contributed by atoms with E-state index in [1.165, 1.54) is 18.5 Å². The van der Waals surface area contributed by atoms with Crippen molar-refractivity contribution in [2.24, 2.45) is 0 Å². The van der Waals surface area contributed by atoms with Crippen molar-refractivity contribution in [3.05, 3.63) is 53.9 Å². The summed E-state index contributed by atoms with van der Waals surface area (Å²) >= 11 is 0. The van der Waals surface area contributed by atoms with Crippen LogP contribution in [0.3, 0.4) is 0 Å². The summed E-state index contributed by atoms with van der Waals surface area (Å²) in [6.45, 7) is 1.10. The normalized spacial score (nSPS) is 10.4. The Balaban J connectivity index is 1.88. The Bertz CT molecular complexity index is 490. The van der Waals surface area contributed by atoms with Crippen LogP contribution in [0, 0.1) is 5.82 Å². The maximum Gasteiger partial charge on any atom is 0.165 e. The van der Waals surface area contributed by atoms with Crippen LogP contribution in [0.15, 0.2) is 36.8 Å². The molecule has 0 bridgehead atoms. The minimum atomic E-state index is -0.605. The highest BCUT2D eigenvalue weighted by Gasteiger charge is 2.01. The van der Waals surface area contributed by atoms with Crippen molar-refractivity contribution in [3.8, 4) is 5.75 Å². The van der Waals surface area contributed by atoms with E-state index in [9.17, 15) is 4.39 Å². The molecule has 0 aliphatic heterocycles. The standard InChI is InChI=1S/C12H12FN3O/c13-11-5-9(1-2-12(11)17)6-15-7-10-3-4-14-8-16-10/h1-5,8,15,17H,6-7H2. The third-order valence-electron chi connectivity index (χ3n) is 2.29. The van der Waals surface area contributed by atoms with Gasteiger partial charge >= 0.3 is 0 Å². The Morgan fingerprint density at radius 3 is 2.82 bits per heavy atom. The minimum Gasteiger partial charge on any atom is -0.505 e. The fourth-order valence-electron chi connectivity index (χ4n) is 1.42.